The van der Waals surface area contributed by atoms with Gasteiger partial charge in [0.05, 0.1) is 0 Å². The van der Waals surface area contributed by atoms with Gasteiger partial charge in [0.25, 0.3) is 5.91 Å². The number of aromatic amines is 1. The highest BCUT2D eigenvalue weighted by atomic mass is 16.2. The molecule has 1 heterocycles. The highest BCUT2D eigenvalue weighted by Gasteiger charge is 2.30. The molecule has 0 spiro atoms. The number of rotatable bonds is 7. The zero-order valence-electron chi connectivity index (χ0n) is 15.9. The van der Waals surface area contributed by atoms with Crippen LogP contribution in [0.4, 0.5) is 0 Å². The molecule has 0 aliphatic heterocycles. The summed E-state index contributed by atoms with van der Waals surface area (Å²) < 4.78 is 0. The van der Waals surface area contributed by atoms with Crippen molar-refractivity contribution >= 4 is 28.5 Å². The van der Waals surface area contributed by atoms with Crippen LogP contribution in [0, 0.1) is 0 Å². The minimum absolute atomic E-state index is 0.0115. The van der Waals surface area contributed by atoms with Crippen LogP contribution >= 0.6 is 0 Å². The summed E-state index contributed by atoms with van der Waals surface area (Å²) in [7, 11) is 3.02. The van der Waals surface area contributed by atoms with Crippen LogP contribution in [0.15, 0.2) is 60.8 Å². The van der Waals surface area contributed by atoms with Crippen molar-refractivity contribution < 1.29 is 14.4 Å². The van der Waals surface area contributed by atoms with Gasteiger partial charge in [-0.15, -0.1) is 0 Å². The SMILES string of the molecule is CNC(=O)C(Cc1c[nH]c2ccccc12)N(C)C(=O)C(=O)Cc1ccccc1. The molecule has 6 heteroatoms. The van der Waals surface area contributed by atoms with E-state index in [1.807, 2.05) is 48.7 Å². The molecule has 3 aromatic rings. The zero-order chi connectivity index (χ0) is 20.1. The Balaban J connectivity index is 1.79. The topological polar surface area (TPSA) is 82.3 Å². The number of para-hydroxylation sites is 1. The lowest BCUT2D eigenvalue weighted by atomic mass is 10.0. The third-order valence-electron chi connectivity index (χ3n) is 4.87. The van der Waals surface area contributed by atoms with Gasteiger partial charge >= 0.3 is 0 Å². The molecule has 3 rings (SSSR count). The first-order valence-corrected chi connectivity index (χ1v) is 9.11. The first-order valence-electron chi connectivity index (χ1n) is 9.11. The second-order valence-electron chi connectivity index (χ2n) is 6.70. The van der Waals surface area contributed by atoms with E-state index in [0.29, 0.717) is 6.42 Å². The smallest absolute Gasteiger partial charge is 0.290 e. The summed E-state index contributed by atoms with van der Waals surface area (Å²) in [5.74, 6) is -1.52. The van der Waals surface area contributed by atoms with E-state index < -0.39 is 17.7 Å². The molecule has 0 aliphatic carbocycles. The van der Waals surface area contributed by atoms with Crippen LogP contribution in [0.1, 0.15) is 11.1 Å². The molecular weight excluding hydrogens is 354 g/mol. The molecule has 2 N–H and O–H groups in total. The van der Waals surface area contributed by atoms with Crippen LogP contribution < -0.4 is 5.32 Å². The highest BCUT2D eigenvalue weighted by molar-refractivity contribution is 6.36. The van der Waals surface area contributed by atoms with E-state index in [4.69, 9.17) is 0 Å². The maximum atomic E-state index is 12.7. The first-order chi connectivity index (χ1) is 13.5. The van der Waals surface area contributed by atoms with Crippen molar-refractivity contribution in [2.75, 3.05) is 14.1 Å². The van der Waals surface area contributed by atoms with Gasteiger partial charge in [0.15, 0.2) is 0 Å². The Labute approximate surface area is 163 Å². The molecule has 0 bridgehead atoms. The quantitative estimate of drug-likeness (QED) is 0.619. The number of aromatic nitrogens is 1. The number of carbonyl (C=O) groups is 3. The molecule has 0 saturated carbocycles. The fourth-order valence-electron chi connectivity index (χ4n) is 3.28. The summed E-state index contributed by atoms with van der Waals surface area (Å²) in [6.45, 7) is 0. The number of nitrogens with zero attached hydrogens (tertiary/aromatic N) is 1. The van der Waals surface area contributed by atoms with Gasteiger partial charge in [-0.05, 0) is 17.2 Å². The minimum Gasteiger partial charge on any atom is -0.361 e. The summed E-state index contributed by atoms with van der Waals surface area (Å²) >= 11 is 0. The second kappa shape index (κ2) is 8.52. The fourth-order valence-corrected chi connectivity index (χ4v) is 3.28. The first kappa shape index (κ1) is 19.4. The molecule has 1 unspecified atom stereocenters. The number of H-pyrrole nitrogens is 1. The predicted molar refractivity (Wildman–Crippen MR) is 108 cm³/mol. The summed E-state index contributed by atoms with van der Waals surface area (Å²) in [6, 6.07) is 16.1. The monoisotopic (exact) mass is 377 g/mol. The maximum Gasteiger partial charge on any atom is 0.290 e. The molecule has 0 saturated heterocycles. The van der Waals surface area contributed by atoms with Crippen molar-refractivity contribution in [1.29, 1.82) is 0 Å². The molecule has 1 atom stereocenters. The Kier molecular flexibility index (Phi) is 5.89. The van der Waals surface area contributed by atoms with E-state index in [0.717, 1.165) is 22.0 Å². The Bertz CT molecular complexity index is 994. The summed E-state index contributed by atoms with van der Waals surface area (Å²) in [5, 5.41) is 3.59. The Morgan fingerprint density at radius 1 is 1.04 bits per heavy atom. The van der Waals surface area contributed by atoms with Crippen LogP contribution in [0.2, 0.25) is 0 Å². The summed E-state index contributed by atoms with van der Waals surface area (Å²) in [4.78, 5) is 42.0. The normalized spacial score (nSPS) is 11.8. The lowest BCUT2D eigenvalue weighted by Gasteiger charge is -2.26. The number of benzene rings is 2. The van der Waals surface area contributed by atoms with Crippen molar-refractivity contribution in [3.8, 4) is 0 Å². The fraction of sp³-hybridized carbons (Fsp3) is 0.227. The number of fused-ring (bicyclic) bond motifs is 1. The van der Waals surface area contributed by atoms with Crippen LogP contribution in [-0.2, 0) is 27.2 Å². The van der Waals surface area contributed by atoms with Gasteiger partial charge in [-0.25, -0.2) is 0 Å². The number of likely N-dealkylation sites (N-methyl/N-ethyl adjacent to an activating group) is 2. The van der Waals surface area contributed by atoms with Crippen molar-refractivity contribution in [2.24, 2.45) is 0 Å². The number of amides is 2. The summed E-state index contributed by atoms with van der Waals surface area (Å²) in [6.07, 6.45) is 2.16. The number of hydrogen-bond acceptors (Lipinski definition) is 3. The van der Waals surface area contributed by atoms with Crippen molar-refractivity contribution in [1.82, 2.24) is 15.2 Å². The standard InChI is InChI=1S/C22H23N3O3/c1-23-21(27)19(13-16-14-24-18-11-7-6-10-17(16)18)25(2)22(28)20(26)12-15-8-4-3-5-9-15/h3-11,14,19,24H,12-13H2,1-2H3,(H,23,27). The molecule has 0 fully saturated rings. The molecule has 144 valence electrons. The van der Waals surface area contributed by atoms with Gasteiger partial charge in [0.2, 0.25) is 11.7 Å². The van der Waals surface area contributed by atoms with E-state index in [2.05, 4.69) is 10.3 Å². The van der Waals surface area contributed by atoms with Crippen molar-refractivity contribution in [3.63, 3.8) is 0 Å². The van der Waals surface area contributed by atoms with E-state index in [-0.39, 0.29) is 12.3 Å². The summed E-state index contributed by atoms with van der Waals surface area (Å²) in [5.41, 5.74) is 2.64. The molecule has 1 aromatic heterocycles. The molecule has 28 heavy (non-hydrogen) atoms. The van der Waals surface area contributed by atoms with E-state index in [9.17, 15) is 14.4 Å². The lowest BCUT2D eigenvalue weighted by Crippen LogP contribution is -2.50. The van der Waals surface area contributed by atoms with Crippen molar-refractivity contribution in [2.45, 2.75) is 18.9 Å². The molecular formula is C22H23N3O3. The highest BCUT2D eigenvalue weighted by Crippen LogP contribution is 2.20. The van der Waals surface area contributed by atoms with Gasteiger partial charge in [-0.2, -0.15) is 0 Å². The molecule has 2 amide bonds. The zero-order valence-corrected chi connectivity index (χ0v) is 15.9. The number of ketones is 1. The Hall–Kier alpha value is -3.41. The number of Topliss-reactive ketones (excluding diaryl/α,β-unsaturated/α-hetero) is 1. The minimum atomic E-state index is -0.781. The average molecular weight is 377 g/mol. The van der Waals surface area contributed by atoms with E-state index in [1.54, 1.807) is 12.1 Å². The molecule has 2 aromatic carbocycles. The van der Waals surface area contributed by atoms with Crippen LogP contribution in [-0.4, -0.2) is 47.6 Å². The van der Waals surface area contributed by atoms with Crippen LogP contribution in [0.3, 0.4) is 0 Å². The van der Waals surface area contributed by atoms with Gasteiger partial charge < -0.3 is 15.2 Å². The largest absolute Gasteiger partial charge is 0.361 e. The molecule has 0 aliphatic rings. The third-order valence-corrected chi connectivity index (χ3v) is 4.87. The van der Waals surface area contributed by atoms with Crippen LogP contribution in [0.5, 0.6) is 0 Å². The predicted octanol–water partition coefficient (Wildman–Crippen LogP) is 2.10. The second-order valence-corrected chi connectivity index (χ2v) is 6.70. The molecule has 6 nitrogen and oxygen atoms in total. The number of hydrogen-bond donors (Lipinski definition) is 2. The van der Waals surface area contributed by atoms with Crippen LogP contribution in [0.25, 0.3) is 10.9 Å². The van der Waals surface area contributed by atoms with E-state index >= 15 is 0 Å². The van der Waals surface area contributed by atoms with Gasteiger partial charge in [0.1, 0.15) is 6.04 Å². The van der Waals surface area contributed by atoms with Gasteiger partial charge in [-0.1, -0.05) is 48.5 Å². The molecule has 0 radical (unpaired) electrons. The average Bonchev–Trinajstić information content (AvgIpc) is 3.14. The van der Waals surface area contributed by atoms with Gasteiger partial charge in [0, 0.05) is 44.0 Å². The lowest BCUT2D eigenvalue weighted by molar-refractivity contribution is -0.147. The number of nitrogens with one attached hydrogen (secondary N) is 2. The van der Waals surface area contributed by atoms with E-state index in [1.165, 1.54) is 19.0 Å². The Morgan fingerprint density at radius 3 is 2.43 bits per heavy atom. The Morgan fingerprint density at radius 2 is 1.71 bits per heavy atom. The van der Waals surface area contributed by atoms with Gasteiger partial charge in [-0.3, -0.25) is 14.4 Å². The number of carbonyl (C=O) groups excluding carboxylic acids is 3. The van der Waals surface area contributed by atoms with Crippen molar-refractivity contribution in [3.05, 3.63) is 71.9 Å². The third kappa shape index (κ3) is 4.11. The maximum absolute atomic E-state index is 12.7.